The molecule has 5 nitrogen and oxygen atoms in total. The Morgan fingerprint density at radius 3 is 2.88 bits per heavy atom. The summed E-state index contributed by atoms with van der Waals surface area (Å²) in [5.74, 6) is 0.546. The smallest absolute Gasteiger partial charge is 0.182 e. The first-order valence-corrected chi connectivity index (χ1v) is 5.51. The van der Waals surface area contributed by atoms with E-state index >= 15 is 0 Å². The molecule has 1 aromatic carbocycles. The molecule has 0 fully saturated rings. The lowest BCUT2D eigenvalue weighted by Gasteiger charge is -2.10. The highest BCUT2D eigenvalue weighted by atomic mass is 35.5. The van der Waals surface area contributed by atoms with Gasteiger partial charge in [-0.15, -0.1) is 0 Å². The van der Waals surface area contributed by atoms with Crippen molar-refractivity contribution in [2.45, 2.75) is 6.04 Å². The van der Waals surface area contributed by atoms with Gasteiger partial charge >= 0.3 is 0 Å². The van der Waals surface area contributed by atoms with Crippen molar-refractivity contribution in [3.63, 3.8) is 0 Å². The van der Waals surface area contributed by atoms with Crippen LogP contribution in [0.2, 0.25) is 5.02 Å². The molecule has 0 radical (unpaired) electrons. The maximum absolute atomic E-state index is 9.03. The fourth-order valence-corrected chi connectivity index (χ4v) is 1.72. The summed E-state index contributed by atoms with van der Waals surface area (Å²) in [5.41, 5.74) is 7.28. The Kier molecular flexibility index (Phi) is 3.42. The van der Waals surface area contributed by atoms with Crippen LogP contribution in [0.25, 0.3) is 11.4 Å². The van der Waals surface area contributed by atoms with Crippen molar-refractivity contribution in [1.29, 1.82) is 0 Å². The van der Waals surface area contributed by atoms with Crippen molar-refractivity contribution in [3.05, 3.63) is 35.1 Å². The number of nitrogens with two attached hydrogens (primary N) is 1. The molecular weight excluding hydrogens is 240 g/mol. The molecule has 0 aliphatic heterocycles. The summed E-state index contributed by atoms with van der Waals surface area (Å²) >= 11 is 6.10. The molecule has 0 amide bonds. The molecule has 90 valence electrons. The molecule has 2 aromatic rings. The first kappa shape index (κ1) is 12.0. The van der Waals surface area contributed by atoms with Gasteiger partial charge in [-0.25, -0.2) is 4.98 Å². The molecule has 0 aliphatic carbocycles. The Labute approximate surface area is 104 Å². The molecule has 2 rings (SSSR count). The summed E-state index contributed by atoms with van der Waals surface area (Å²) in [6.45, 7) is -0.114. The van der Waals surface area contributed by atoms with Gasteiger partial charge in [0.25, 0.3) is 0 Å². The van der Waals surface area contributed by atoms with Gasteiger partial charge in [0, 0.05) is 12.6 Å². The van der Waals surface area contributed by atoms with E-state index in [1.165, 1.54) is 0 Å². The molecule has 0 bridgehead atoms. The summed E-state index contributed by atoms with van der Waals surface area (Å²) in [5, 5.41) is 13.8. The number of rotatable bonds is 3. The topological polar surface area (TPSA) is 77.0 Å². The van der Waals surface area contributed by atoms with Crippen LogP contribution in [0.1, 0.15) is 11.6 Å². The first-order valence-electron chi connectivity index (χ1n) is 5.13. The summed E-state index contributed by atoms with van der Waals surface area (Å²) in [4.78, 5) is 4.14. The maximum atomic E-state index is 9.03. The molecule has 0 unspecified atom stereocenters. The van der Waals surface area contributed by atoms with Crippen LogP contribution in [0.15, 0.2) is 24.5 Å². The van der Waals surface area contributed by atoms with Crippen LogP contribution in [-0.4, -0.2) is 26.5 Å². The largest absolute Gasteiger partial charge is 0.394 e. The highest BCUT2D eigenvalue weighted by Crippen LogP contribution is 2.27. The Balaban J connectivity index is 2.46. The number of halogens is 1. The third-order valence-corrected chi connectivity index (χ3v) is 2.79. The van der Waals surface area contributed by atoms with Crippen molar-refractivity contribution in [1.82, 2.24) is 14.8 Å². The average Bonchev–Trinajstić information content (AvgIpc) is 2.75. The number of aliphatic hydroxyl groups excluding tert-OH is 1. The van der Waals surface area contributed by atoms with E-state index in [4.69, 9.17) is 22.4 Å². The molecule has 17 heavy (non-hydrogen) atoms. The zero-order valence-electron chi connectivity index (χ0n) is 9.34. The maximum Gasteiger partial charge on any atom is 0.182 e. The number of nitrogens with zero attached hydrogens (tertiary/aromatic N) is 3. The van der Waals surface area contributed by atoms with Crippen molar-refractivity contribution in [3.8, 4) is 11.4 Å². The van der Waals surface area contributed by atoms with E-state index in [0.717, 1.165) is 5.56 Å². The van der Waals surface area contributed by atoms with Crippen LogP contribution in [-0.2, 0) is 7.05 Å². The Bertz CT molecular complexity index is 526. The third-order valence-electron chi connectivity index (χ3n) is 2.46. The molecule has 3 N–H and O–H groups in total. The van der Waals surface area contributed by atoms with Gasteiger partial charge in [0.15, 0.2) is 5.82 Å². The Morgan fingerprint density at radius 1 is 1.53 bits per heavy atom. The predicted molar refractivity (Wildman–Crippen MR) is 65.5 cm³/mol. The minimum atomic E-state index is -0.422. The zero-order chi connectivity index (χ0) is 12.4. The van der Waals surface area contributed by atoms with Gasteiger partial charge < -0.3 is 10.8 Å². The van der Waals surface area contributed by atoms with Gasteiger partial charge in [-0.1, -0.05) is 17.7 Å². The number of aromatic nitrogens is 3. The van der Waals surface area contributed by atoms with Gasteiger partial charge in [-0.05, 0) is 17.7 Å². The van der Waals surface area contributed by atoms with Crippen LogP contribution < -0.4 is 5.73 Å². The lowest BCUT2D eigenvalue weighted by atomic mass is 10.0. The summed E-state index contributed by atoms with van der Waals surface area (Å²) in [6.07, 6.45) is 1.60. The van der Waals surface area contributed by atoms with E-state index in [2.05, 4.69) is 10.1 Å². The molecule has 0 aliphatic rings. The van der Waals surface area contributed by atoms with E-state index in [1.807, 2.05) is 0 Å². The molecule has 6 heteroatoms. The number of benzene rings is 1. The monoisotopic (exact) mass is 252 g/mol. The van der Waals surface area contributed by atoms with Crippen molar-refractivity contribution < 1.29 is 5.11 Å². The zero-order valence-corrected chi connectivity index (χ0v) is 10.1. The van der Waals surface area contributed by atoms with E-state index in [9.17, 15) is 0 Å². The van der Waals surface area contributed by atoms with Gasteiger partial charge in [-0.3, -0.25) is 4.68 Å². The molecule has 0 saturated carbocycles. The summed E-state index contributed by atoms with van der Waals surface area (Å²) in [7, 11) is 1.79. The second kappa shape index (κ2) is 4.83. The van der Waals surface area contributed by atoms with Crippen molar-refractivity contribution in [2.75, 3.05) is 6.61 Å². The van der Waals surface area contributed by atoms with Crippen LogP contribution in [0.4, 0.5) is 0 Å². The minimum absolute atomic E-state index is 0.114. The normalized spacial score (nSPS) is 12.7. The molecule has 0 spiro atoms. The SMILES string of the molecule is Cn1cnc(-c2cc([C@H](N)CO)ccc2Cl)n1. The average molecular weight is 253 g/mol. The Hall–Kier alpha value is -1.43. The molecule has 1 aromatic heterocycles. The van der Waals surface area contributed by atoms with Gasteiger partial charge in [0.05, 0.1) is 17.7 Å². The third kappa shape index (κ3) is 2.46. The number of aliphatic hydroxyl groups is 1. The fourth-order valence-electron chi connectivity index (χ4n) is 1.51. The highest BCUT2D eigenvalue weighted by Gasteiger charge is 2.12. The molecule has 0 saturated heterocycles. The highest BCUT2D eigenvalue weighted by molar-refractivity contribution is 6.33. The van der Waals surface area contributed by atoms with Crippen molar-refractivity contribution in [2.24, 2.45) is 12.8 Å². The lowest BCUT2D eigenvalue weighted by molar-refractivity contribution is 0.268. The van der Waals surface area contributed by atoms with E-state index in [1.54, 1.807) is 36.3 Å². The van der Waals surface area contributed by atoms with Gasteiger partial charge in [0.2, 0.25) is 0 Å². The summed E-state index contributed by atoms with van der Waals surface area (Å²) < 4.78 is 1.60. The van der Waals surface area contributed by atoms with Crippen LogP contribution in [0.3, 0.4) is 0 Å². The predicted octanol–water partition coefficient (Wildman–Crippen LogP) is 1.13. The second-order valence-electron chi connectivity index (χ2n) is 3.77. The quantitative estimate of drug-likeness (QED) is 0.859. The van der Waals surface area contributed by atoms with Crippen LogP contribution in [0, 0.1) is 0 Å². The molecular formula is C11H13ClN4O. The number of aryl methyl sites for hydroxylation is 1. The lowest BCUT2D eigenvalue weighted by Crippen LogP contribution is -2.14. The second-order valence-corrected chi connectivity index (χ2v) is 4.18. The molecule has 1 heterocycles. The van der Waals surface area contributed by atoms with Crippen LogP contribution >= 0.6 is 11.6 Å². The number of hydrogen-bond donors (Lipinski definition) is 2. The van der Waals surface area contributed by atoms with Crippen molar-refractivity contribution >= 4 is 11.6 Å². The fraction of sp³-hybridized carbons (Fsp3) is 0.273. The van der Waals surface area contributed by atoms with E-state index < -0.39 is 6.04 Å². The van der Waals surface area contributed by atoms with Gasteiger partial charge in [-0.2, -0.15) is 5.10 Å². The summed E-state index contributed by atoms with van der Waals surface area (Å²) in [6, 6.07) is 4.90. The number of hydrogen-bond acceptors (Lipinski definition) is 4. The van der Waals surface area contributed by atoms with Gasteiger partial charge in [0.1, 0.15) is 6.33 Å². The van der Waals surface area contributed by atoms with E-state index in [0.29, 0.717) is 16.4 Å². The Morgan fingerprint density at radius 2 is 2.29 bits per heavy atom. The molecule has 1 atom stereocenters. The van der Waals surface area contributed by atoms with E-state index in [-0.39, 0.29) is 6.61 Å². The standard InChI is InChI=1S/C11H13ClN4O/c1-16-6-14-11(15-16)8-4-7(10(13)5-17)2-3-9(8)12/h2-4,6,10,17H,5,13H2,1H3/t10-/m1/s1. The minimum Gasteiger partial charge on any atom is -0.394 e. The van der Waals surface area contributed by atoms with Crippen LogP contribution in [0.5, 0.6) is 0 Å². The first-order chi connectivity index (χ1) is 8.11.